The van der Waals surface area contributed by atoms with Gasteiger partial charge in [-0.3, -0.25) is 15.1 Å². The number of nitrogens with zero attached hydrogens (tertiary/aromatic N) is 4. The molecule has 0 spiro atoms. The minimum Gasteiger partial charge on any atom is -0.336 e. The maximum absolute atomic E-state index is 4.85. The van der Waals surface area contributed by atoms with Crippen molar-refractivity contribution >= 4 is 34.8 Å². The van der Waals surface area contributed by atoms with Crippen LogP contribution in [0.4, 0.5) is 0 Å². The fourth-order valence-corrected chi connectivity index (χ4v) is 5.14. The largest absolute Gasteiger partial charge is 0.336 e. The third kappa shape index (κ3) is 4.82. The van der Waals surface area contributed by atoms with Gasteiger partial charge in [0.15, 0.2) is 5.82 Å². The van der Waals surface area contributed by atoms with Gasteiger partial charge in [0.1, 0.15) is 11.2 Å². The predicted octanol–water partition coefficient (Wildman–Crippen LogP) is 3.92. The molecule has 0 atom stereocenters. The number of piperidine rings is 1. The lowest BCUT2D eigenvalue weighted by Crippen LogP contribution is -2.28. The number of hydrogen-bond acceptors (Lipinski definition) is 5. The minimum atomic E-state index is 0.684. The van der Waals surface area contributed by atoms with Crippen molar-refractivity contribution in [3.63, 3.8) is 0 Å². The number of fused-ring (bicyclic) bond motifs is 1. The Morgan fingerprint density at radius 1 is 1.19 bits per heavy atom. The second-order valence-electron chi connectivity index (χ2n) is 9.90. The molecule has 0 radical (unpaired) electrons. The lowest BCUT2D eigenvalue weighted by molar-refractivity contribution is 0.372. The monoisotopic (exact) mass is 489 g/mol. The molecule has 3 N–H and O–H groups in total. The van der Waals surface area contributed by atoms with Crippen LogP contribution in [0.3, 0.4) is 0 Å². The van der Waals surface area contributed by atoms with Crippen LogP contribution in [0.25, 0.3) is 46.4 Å². The summed E-state index contributed by atoms with van der Waals surface area (Å²) in [6, 6.07) is 4.21. The highest BCUT2D eigenvalue weighted by Crippen LogP contribution is 2.27. The number of hydrogen-bond donors (Lipinski definition) is 3. The molecule has 1 aliphatic carbocycles. The Hall–Kier alpha value is -4.10. The molecule has 0 aromatic carbocycles. The number of aromatic nitrogens is 6. The van der Waals surface area contributed by atoms with Gasteiger partial charge in [-0.1, -0.05) is 30.9 Å². The van der Waals surface area contributed by atoms with E-state index in [2.05, 4.69) is 74.3 Å². The minimum absolute atomic E-state index is 0.684. The molecule has 0 amide bonds. The highest BCUT2D eigenvalue weighted by Gasteiger charge is 2.16. The molecule has 7 nitrogen and oxygen atoms in total. The third-order valence-corrected chi connectivity index (χ3v) is 7.30. The Morgan fingerprint density at radius 3 is 2.92 bits per heavy atom. The SMILES string of the molecule is C=c1c(-c2nc3c(C4=CCC=C4)nccc3[nH]2)n[nH]/c1=C/C=C(\C)c1cncc(CC2CCNCC2)c1. The van der Waals surface area contributed by atoms with E-state index in [4.69, 9.17) is 4.98 Å². The molecule has 186 valence electrons. The summed E-state index contributed by atoms with van der Waals surface area (Å²) >= 11 is 0. The number of nitrogens with one attached hydrogen (secondary N) is 3. The van der Waals surface area contributed by atoms with Crippen molar-refractivity contribution < 1.29 is 0 Å². The fraction of sp³-hybridized carbons (Fsp3) is 0.267. The average Bonchev–Trinajstić information content (AvgIpc) is 3.68. The second-order valence-corrected chi connectivity index (χ2v) is 9.90. The maximum Gasteiger partial charge on any atom is 0.159 e. The van der Waals surface area contributed by atoms with Crippen LogP contribution in [0.15, 0.2) is 55.0 Å². The van der Waals surface area contributed by atoms with E-state index in [0.29, 0.717) is 11.5 Å². The number of rotatable bonds is 6. The van der Waals surface area contributed by atoms with Crippen molar-refractivity contribution in [2.24, 2.45) is 5.92 Å². The van der Waals surface area contributed by atoms with E-state index in [1.54, 1.807) is 0 Å². The Labute approximate surface area is 215 Å². The molecule has 37 heavy (non-hydrogen) atoms. The zero-order valence-corrected chi connectivity index (χ0v) is 21.1. The average molecular weight is 490 g/mol. The molecule has 6 rings (SSSR count). The number of pyridine rings is 2. The first-order valence-electron chi connectivity index (χ1n) is 12.9. The molecule has 5 heterocycles. The summed E-state index contributed by atoms with van der Waals surface area (Å²) in [6.45, 7) is 8.64. The van der Waals surface area contributed by atoms with Crippen LogP contribution >= 0.6 is 0 Å². The first-order valence-corrected chi connectivity index (χ1v) is 12.9. The molecule has 4 aromatic heterocycles. The second kappa shape index (κ2) is 10.1. The van der Waals surface area contributed by atoms with E-state index < -0.39 is 0 Å². The van der Waals surface area contributed by atoms with Gasteiger partial charge in [0.05, 0.1) is 16.6 Å². The van der Waals surface area contributed by atoms with Crippen molar-refractivity contribution in [3.8, 4) is 11.5 Å². The number of H-pyrrole nitrogens is 2. The predicted molar refractivity (Wildman–Crippen MR) is 150 cm³/mol. The van der Waals surface area contributed by atoms with E-state index in [9.17, 15) is 0 Å². The number of imidazole rings is 1. The molecule has 7 heteroatoms. The van der Waals surface area contributed by atoms with E-state index in [-0.39, 0.29) is 0 Å². The lowest BCUT2D eigenvalue weighted by Gasteiger charge is -2.22. The van der Waals surface area contributed by atoms with Crippen LogP contribution in [-0.4, -0.2) is 43.2 Å². The first kappa shape index (κ1) is 23.3. The zero-order valence-electron chi connectivity index (χ0n) is 21.1. The molecule has 2 aliphatic rings. The van der Waals surface area contributed by atoms with Crippen molar-refractivity contribution in [2.75, 3.05) is 13.1 Å². The summed E-state index contributed by atoms with van der Waals surface area (Å²) < 4.78 is 0. The normalized spacial score (nSPS) is 17.2. The summed E-state index contributed by atoms with van der Waals surface area (Å²) in [5.74, 6) is 1.42. The van der Waals surface area contributed by atoms with Gasteiger partial charge in [-0.25, -0.2) is 4.98 Å². The molecule has 1 saturated heterocycles. The van der Waals surface area contributed by atoms with Crippen molar-refractivity contribution in [3.05, 3.63) is 82.4 Å². The molecular weight excluding hydrogens is 458 g/mol. The molecule has 0 bridgehead atoms. The fourth-order valence-electron chi connectivity index (χ4n) is 5.14. The van der Waals surface area contributed by atoms with Gasteiger partial charge >= 0.3 is 0 Å². The molecule has 4 aromatic rings. The van der Waals surface area contributed by atoms with E-state index in [1.165, 1.54) is 18.4 Å². The van der Waals surface area contributed by atoms with Crippen molar-refractivity contribution in [2.45, 2.75) is 32.6 Å². The van der Waals surface area contributed by atoms with Gasteiger partial charge in [-0.2, -0.15) is 5.10 Å². The Morgan fingerprint density at radius 2 is 2.08 bits per heavy atom. The van der Waals surface area contributed by atoms with Crippen LogP contribution in [0.2, 0.25) is 0 Å². The highest BCUT2D eigenvalue weighted by atomic mass is 15.1. The van der Waals surface area contributed by atoms with Gasteiger partial charge in [0, 0.05) is 23.8 Å². The molecular formula is C30H31N7. The summed E-state index contributed by atoms with van der Waals surface area (Å²) in [5.41, 5.74) is 8.06. The summed E-state index contributed by atoms with van der Waals surface area (Å²) in [5, 5.41) is 12.8. The molecule has 1 fully saturated rings. The number of aromatic amines is 2. The Kier molecular flexibility index (Phi) is 6.37. The quantitative estimate of drug-likeness (QED) is 0.382. The Balaban J connectivity index is 1.26. The van der Waals surface area contributed by atoms with E-state index in [0.717, 1.165) is 75.9 Å². The van der Waals surface area contributed by atoms with Crippen molar-refractivity contribution in [1.82, 2.24) is 35.5 Å². The number of allylic oxidation sites excluding steroid dienone is 6. The smallest absolute Gasteiger partial charge is 0.159 e. The topological polar surface area (TPSA) is 95.2 Å². The van der Waals surface area contributed by atoms with Crippen LogP contribution < -0.4 is 15.9 Å². The molecule has 1 aliphatic heterocycles. The van der Waals surface area contributed by atoms with Crippen LogP contribution in [0, 0.1) is 5.92 Å². The van der Waals surface area contributed by atoms with Crippen molar-refractivity contribution in [1.29, 1.82) is 0 Å². The summed E-state index contributed by atoms with van der Waals surface area (Å²) in [4.78, 5) is 17.3. The van der Waals surface area contributed by atoms with E-state index >= 15 is 0 Å². The van der Waals surface area contributed by atoms with E-state index in [1.807, 2.05) is 30.7 Å². The van der Waals surface area contributed by atoms with Gasteiger partial charge in [-0.15, -0.1) is 0 Å². The van der Waals surface area contributed by atoms with Crippen LogP contribution in [0.5, 0.6) is 0 Å². The first-order chi connectivity index (χ1) is 18.2. The molecule has 0 unspecified atom stereocenters. The summed E-state index contributed by atoms with van der Waals surface area (Å²) in [6.07, 6.45) is 20.7. The highest BCUT2D eigenvalue weighted by molar-refractivity contribution is 5.92. The Bertz CT molecular complexity index is 1640. The maximum atomic E-state index is 4.85. The zero-order chi connectivity index (χ0) is 25.2. The van der Waals surface area contributed by atoms with Crippen LogP contribution in [0.1, 0.15) is 43.0 Å². The third-order valence-electron chi connectivity index (χ3n) is 7.30. The standard InChI is InChI=1S/C30H31N7/c1-19(24-16-22(17-32-18-24)15-21-9-12-31-13-10-21)7-8-25-20(2)27(37-36-25)30-34-26-11-14-33-28(29(26)35-30)23-5-3-4-6-23/h3,5-8,11,14,16-18,21,31,36H,2,4,9-10,12-13,15H2,1H3,(H,34,35)/b19-7+,25-8+. The lowest BCUT2D eigenvalue weighted by atomic mass is 9.91. The van der Waals surface area contributed by atoms with Crippen LogP contribution in [-0.2, 0) is 6.42 Å². The molecule has 0 saturated carbocycles. The van der Waals surface area contributed by atoms with Gasteiger partial charge in [-0.05, 0) is 92.1 Å². The summed E-state index contributed by atoms with van der Waals surface area (Å²) in [7, 11) is 0. The van der Waals surface area contributed by atoms with Gasteiger partial charge in [0.2, 0.25) is 0 Å². The van der Waals surface area contributed by atoms with Gasteiger partial charge < -0.3 is 10.3 Å². The van der Waals surface area contributed by atoms with Gasteiger partial charge in [0.25, 0.3) is 0 Å².